The molecular formula is C42H29F4N3S. The quantitative estimate of drug-likeness (QED) is 0.116. The van der Waals surface area contributed by atoms with Crippen LogP contribution < -0.4 is 4.90 Å². The summed E-state index contributed by atoms with van der Waals surface area (Å²) in [6.45, 7) is 4.16. The zero-order valence-corrected chi connectivity index (χ0v) is 27.9. The lowest BCUT2D eigenvalue weighted by atomic mass is 10.0. The third-order valence-electron chi connectivity index (χ3n) is 8.29. The SMILES string of the molecule is Cc1ccc(N(c2ccc(C)cc2)c2ccc(-c3ccc(-c4cccc(-c5cc(F)c(N=Nc6c(F)cccc6F)c(F)c5)c4)s3)cc2)cc1. The second kappa shape index (κ2) is 13.9. The first kappa shape index (κ1) is 32.7. The Hall–Kier alpha value is -5.86. The maximum atomic E-state index is 15.0. The van der Waals surface area contributed by atoms with Crippen LogP contribution in [0.15, 0.2) is 150 Å². The predicted octanol–water partition coefficient (Wildman–Crippen LogP) is 13.8. The van der Waals surface area contributed by atoms with Gasteiger partial charge in [-0.05, 0) is 115 Å². The highest BCUT2D eigenvalue weighted by molar-refractivity contribution is 7.18. The topological polar surface area (TPSA) is 28.0 Å². The summed E-state index contributed by atoms with van der Waals surface area (Å²) in [7, 11) is 0. The van der Waals surface area contributed by atoms with Crippen LogP contribution in [0.5, 0.6) is 0 Å². The molecule has 1 heterocycles. The molecule has 0 N–H and O–H groups in total. The Kier molecular flexibility index (Phi) is 9.11. The van der Waals surface area contributed by atoms with Gasteiger partial charge in [0.15, 0.2) is 34.6 Å². The number of anilines is 3. The van der Waals surface area contributed by atoms with Crippen LogP contribution in [0.25, 0.3) is 32.0 Å². The molecule has 3 nitrogen and oxygen atoms in total. The third kappa shape index (κ3) is 6.84. The van der Waals surface area contributed by atoms with Crippen molar-refractivity contribution in [1.82, 2.24) is 0 Å². The highest BCUT2D eigenvalue weighted by atomic mass is 32.1. The van der Waals surface area contributed by atoms with Crippen LogP contribution in [0.4, 0.5) is 46.0 Å². The molecule has 0 atom stereocenters. The van der Waals surface area contributed by atoms with E-state index in [0.717, 1.165) is 68.3 Å². The molecule has 0 spiro atoms. The van der Waals surface area contributed by atoms with Crippen LogP contribution in [0, 0.1) is 37.1 Å². The lowest BCUT2D eigenvalue weighted by Crippen LogP contribution is -2.09. The number of thiophene rings is 1. The number of hydrogen-bond donors (Lipinski definition) is 0. The molecule has 7 rings (SSSR count). The molecule has 0 amide bonds. The Labute approximate surface area is 291 Å². The standard InChI is InChI=1S/C42H29F4N3S/c1-26-9-15-32(16-10-26)49(33-17-11-27(2)12-18-33)34-19-13-28(14-20-34)39-21-22-40(50-39)30-6-3-5-29(23-30)31-24-37(45)42(38(46)25-31)48-47-41-35(43)7-4-8-36(41)44/h3-25H,1-2H3. The van der Waals surface area contributed by atoms with Crippen molar-refractivity contribution in [3.63, 3.8) is 0 Å². The predicted molar refractivity (Wildman–Crippen MR) is 195 cm³/mol. The van der Waals surface area contributed by atoms with Crippen molar-refractivity contribution in [2.45, 2.75) is 13.8 Å². The minimum Gasteiger partial charge on any atom is -0.311 e. The first-order valence-electron chi connectivity index (χ1n) is 15.8. The summed E-state index contributed by atoms with van der Waals surface area (Å²) in [4.78, 5) is 4.30. The van der Waals surface area contributed by atoms with E-state index in [2.05, 4.69) is 108 Å². The summed E-state index contributed by atoms with van der Waals surface area (Å²) in [6, 6.07) is 42.3. The van der Waals surface area contributed by atoms with Gasteiger partial charge in [0.1, 0.15) is 0 Å². The second-order valence-corrected chi connectivity index (χ2v) is 12.9. The second-order valence-electron chi connectivity index (χ2n) is 11.9. The average molecular weight is 684 g/mol. The molecule has 7 aromatic rings. The van der Waals surface area contributed by atoms with Gasteiger partial charge >= 0.3 is 0 Å². The van der Waals surface area contributed by atoms with Gasteiger partial charge in [0.05, 0.1) is 0 Å². The summed E-state index contributed by atoms with van der Waals surface area (Å²) in [5, 5.41) is 6.90. The Morgan fingerprint density at radius 1 is 0.420 bits per heavy atom. The van der Waals surface area contributed by atoms with Crippen molar-refractivity contribution in [3.05, 3.63) is 174 Å². The average Bonchev–Trinajstić information content (AvgIpc) is 3.62. The molecule has 0 aliphatic carbocycles. The number of hydrogen-bond acceptors (Lipinski definition) is 4. The van der Waals surface area contributed by atoms with Gasteiger partial charge in [-0.3, -0.25) is 0 Å². The molecule has 0 aliphatic rings. The van der Waals surface area contributed by atoms with Gasteiger partial charge in [0.25, 0.3) is 0 Å². The van der Waals surface area contributed by atoms with Crippen LogP contribution in [-0.2, 0) is 0 Å². The maximum Gasteiger partial charge on any atom is 0.157 e. The fraction of sp³-hybridized carbons (Fsp3) is 0.0476. The van der Waals surface area contributed by atoms with Crippen LogP contribution in [0.1, 0.15) is 11.1 Å². The van der Waals surface area contributed by atoms with Crippen molar-refractivity contribution in [1.29, 1.82) is 0 Å². The van der Waals surface area contributed by atoms with Gasteiger partial charge in [-0.2, -0.15) is 0 Å². The van der Waals surface area contributed by atoms with E-state index in [1.54, 1.807) is 17.4 Å². The van der Waals surface area contributed by atoms with Gasteiger partial charge in [-0.15, -0.1) is 21.6 Å². The molecule has 0 aliphatic heterocycles. The van der Waals surface area contributed by atoms with Crippen molar-refractivity contribution < 1.29 is 17.6 Å². The van der Waals surface area contributed by atoms with E-state index >= 15 is 8.78 Å². The highest BCUT2D eigenvalue weighted by Gasteiger charge is 2.16. The maximum absolute atomic E-state index is 15.0. The summed E-state index contributed by atoms with van der Waals surface area (Å²) < 4.78 is 57.9. The van der Waals surface area contributed by atoms with E-state index < -0.39 is 34.6 Å². The number of nitrogens with zero attached hydrogens (tertiary/aromatic N) is 3. The van der Waals surface area contributed by atoms with Gasteiger partial charge in [0.2, 0.25) is 0 Å². The van der Waals surface area contributed by atoms with Crippen LogP contribution in [0.2, 0.25) is 0 Å². The zero-order chi connectivity index (χ0) is 34.8. The number of rotatable bonds is 8. The van der Waals surface area contributed by atoms with Crippen molar-refractivity contribution >= 4 is 39.8 Å². The lowest BCUT2D eigenvalue weighted by Gasteiger charge is -2.26. The van der Waals surface area contributed by atoms with Gasteiger partial charge in [-0.25, -0.2) is 17.6 Å². The zero-order valence-electron chi connectivity index (χ0n) is 27.0. The number of benzene rings is 6. The van der Waals surface area contributed by atoms with Crippen molar-refractivity contribution in [2.75, 3.05) is 4.90 Å². The molecular weight excluding hydrogens is 655 g/mol. The molecule has 0 radical (unpaired) electrons. The van der Waals surface area contributed by atoms with Gasteiger partial charge in [-0.1, -0.05) is 71.8 Å². The monoisotopic (exact) mass is 683 g/mol. The minimum absolute atomic E-state index is 0.289. The summed E-state index contributed by atoms with van der Waals surface area (Å²) >= 11 is 1.62. The minimum atomic E-state index is -1.00. The van der Waals surface area contributed by atoms with Crippen LogP contribution in [0.3, 0.4) is 0 Å². The van der Waals surface area contributed by atoms with E-state index in [1.807, 2.05) is 24.3 Å². The van der Waals surface area contributed by atoms with Crippen molar-refractivity contribution in [3.8, 4) is 32.0 Å². The van der Waals surface area contributed by atoms with Crippen LogP contribution >= 0.6 is 11.3 Å². The van der Waals surface area contributed by atoms with Gasteiger partial charge < -0.3 is 4.90 Å². The summed E-state index contributed by atoms with van der Waals surface area (Å²) in [6.07, 6.45) is 0. The normalized spacial score (nSPS) is 11.3. The smallest absolute Gasteiger partial charge is 0.157 e. The molecule has 0 unspecified atom stereocenters. The lowest BCUT2D eigenvalue weighted by molar-refractivity contribution is 0.577. The van der Waals surface area contributed by atoms with E-state index in [0.29, 0.717) is 5.56 Å². The molecule has 0 saturated carbocycles. The highest BCUT2D eigenvalue weighted by Crippen LogP contribution is 2.40. The largest absolute Gasteiger partial charge is 0.311 e. The molecule has 0 fully saturated rings. The molecule has 0 bridgehead atoms. The van der Waals surface area contributed by atoms with Gasteiger partial charge in [0, 0.05) is 26.8 Å². The Morgan fingerprint density at radius 3 is 1.40 bits per heavy atom. The summed E-state index contributed by atoms with van der Waals surface area (Å²) in [5.41, 5.74) is 6.96. The van der Waals surface area contributed by atoms with E-state index in [9.17, 15) is 8.78 Å². The molecule has 6 aromatic carbocycles. The number of aryl methyl sites for hydroxylation is 2. The molecule has 0 saturated heterocycles. The Balaban J connectivity index is 1.13. The van der Waals surface area contributed by atoms with Crippen LogP contribution in [-0.4, -0.2) is 0 Å². The first-order valence-corrected chi connectivity index (χ1v) is 16.6. The summed E-state index contributed by atoms with van der Waals surface area (Å²) in [5.74, 6) is -3.98. The van der Waals surface area contributed by atoms with E-state index in [-0.39, 0.29) is 5.56 Å². The van der Waals surface area contributed by atoms with Crippen molar-refractivity contribution in [2.24, 2.45) is 10.2 Å². The van der Waals surface area contributed by atoms with E-state index in [4.69, 9.17) is 0 Å². The fourth-order valence-electron chi connectivity index (χ4n) is 5.62. The first-order chi connectivity index (χ1) is 24.2. The number of azo groups is 1. The third-order valence-corrected chi connectivity index (χ3v) is 9.47. The molecule has 50 heavy (non-hydrogen) atoms. The van der Waals surface area contributed by atoms with E-state index in [1.165, 1.54) is 11.1 Å². The Bertz CT molecular complexity index is 2240. The number of halogens is 4. The molecule has 246 valence electrons. The Morgan fingerprint density at radius 2 is 0.860 bits per heavy atom. The fourth-order valence-corrected chi connectivity index (χ4v) is 6.63. The molecule has 8 heteroatoms. The molecule has 1 aromatic heterocycles.